The van der Waals surface area contributed by atoms with Crippen molar-refractivity contribution in [2.45, 2.75) is 12.4 Å². The van der Waals surface area contributed by atoms with E-state index in [2.05, 4.69) is 15.2 Å². The van der Waals surface area contributed by atoms with Crippen molar-refractivity contribution in [1.82, 2.24) is 15.2 Å². The number of nitrogens with zero attached hydrogens (tertiary/aromatic N) is 3. The van der Waals surface area contributed by atoms with Crippen LogP contribution in [0.2, 0.25) is 0 Å². The minimum absolute atomic E-state index is 0.285. The van der Waals surface area contributed by atoms with Gasteiger partial charge in [0.15, 0.2) is 5.69 Å². The number of halogens is 6. The summed E-state index contributed by atoms with van der Waals surface area (Å²) in [6.07, 6.45) is -9.73. The van der Waals surface area contributed by atoms with Crippen LogP contribution in [0, 0.1) is 0 Å². The van der Waals surface area contributed by atoms with E-state index in [0.717, 1.165) is 0 Å². The maximum atomic E-state index is 12.9. The summed E-state index contributed by atoms with van der Waals surface area (Å²) in [7, 11) is 0. The second-order valence-corrected chi connectivity index (χ2v) is 4.09. The molecule has 0 saturated heterocycles. The van der Waals surface area contributed by atoms with Crippen molar-refractivity contribution < 1.29 is 31.4 Å². The second-order valence-electron chi connectivity index (χ2n) is 4.09. The standard InChI is InChI=1S/C11H6F6N4O/c12-10(13,14)4-1-2-5(6(22)3-4)7-8(11(15,16)17)19-9(18)21-20-7/h1-3,22H,(H2,18,19,21). The summed E-state index contributed by atoms with van der Waals surface area (Å²) < 4.78 is 76.0. The Morgan fingerprint density at radius 2 is 1.59 bits per heavy atom. The van der Waals surface area contributed by atoms with Crippen molar-refractivity contribution >= 4 is 5.95 Å². The van der Waals surface area contributed by atoms with E-state index in [9.17, 15) is 31.4 Å². The van der Waals surface area contributed by atoms with Gasteiger partial charge in [0, 0.05) is 5.56 Å². The van der Waals surface area contributed by atoms with Gasteiger partial charge >= 0.3 is 12.4 Å². The van der Waals surface area contributed by atoms with Gasteiger partial charge in [0.2, 0.25) is 5.95 Å². The van der Waals surface area contributed by atoms with Crippen LogP contribution in [-0.4, -0.2) is 20.3 Å². The van der Waals surface area contributed by atoms with Crippen molar-refractivity contribution in [3.05, 3.63) is 29.5 Å². The molecular formula is C11H6F6N4O. The first-order chi connectivity index (χ1) is 10.00. The van der Waals surface area contributed by atoms with Crippen LogP contribution in [0.5, 0.6) is 5.75 Å². The van der Waals surface area contributed by atoms with E-state index in [1.54, 1.807) is 0 Å². The van der Waals surface area contributed by atoms with Crippen LogP contribution in [0.25, 0.3) is 11.3 Å². The van der Waals surface area contributed by atoms with Gasteiger partial charge in [0.25, 0.3) is 0 Å². The number of benzene rings is 1. The summed E-state index contributed by atoms with van der Waals surface area (Å²) in [5.41, 5.74) is 0.722. The smallest absolute Gasteiger partial charge is 0.435 e. The minimum Gasteiger partial charge on any atom is -0.507 e. The highest BCUT2D eigenvalue weighted by molar-refractivity contribution is 5.69. The molecule has 5 nitrogen and oxygen atoms in total. The Labute approximate surface area is 118 Å². The third-order valence-corrected chi connectivity index (χ3v) is 2.55. The molecule has 1 aromatic carbocycles. The molecule has 0 aliphatic carbocycles. The first kappa shape index (κ1) is 15.8. The predicted molar refractivity (Wildman–Crippen MR) is 61.3 cm³/mol. The molecule has 3 N–H and O–H groups in total. The lowest BCUT2D eigenvalue weighted by atomic mass is 10.1. The number of nitrogens with two attached hydrogens (primary N) is 1. The molecule has 0 amide bonds. The number of alkyl halides is 6. The number of nitrogen functional groups attached to an aromatic ring is 1. The Bertz CT molecular complexity index is 713. The molecule has 22 heavy (non-hydrogen) atoms. The van der Waals surface area contributed by atoms with E-state index in [1.807, 2.05) is 0 Å². The SMILES string of the molecule is Nc1nnc(-c2ccc(C(F)(F)F)cc2O)c(C(F)(F)F)n1. The zero-order valence-corrected chi connectivity index (χ0v) is 10.4. The fourth-order valence-electron chi connectivity index (χ4n) is 1.63. The zero-order valence-electron chi connectivity index (χ0n) is 10.4. The molecule has 0 atom stereocenters. The maximum Gasteiger partial charge on any atom is 0.435 e. The Morgan fingerprint density at radius 3 is 2.09 bits per heavy atom. The van der Waals surface area contributed by atoms with Gasteiger partial charge in [-0.05, 0) is 18.2 Å². The highest BCUT2D eigenvalue weighted by Gasteiger charge is 2.38. The molecule has 0 fully saturated rings. The van der Waals surface area contributed by atoms with E-state index in [0.29, 0.717) is 12.1 Å². The number of phenolic OH excluding ortho intramolecular Hbond substituents is 1. The Hall–Kier alpha value is -2.59. The summed E-state index contributed by atoms with van der Waals surface area (Å²) in [4.78, 5) is 2.98. The largest absolute Gasteiger partial charge is 0.507 e. The lowest BCUT2D eigenvalue weighted by Gasteiger charge is -2.13. The third kappa shape index (κ3) is 3.02. The van der Waals surface area contributed by atoms with Crippen molar-refractivity contribution in [3.8, 4) is 17.0 Å². The first-order valence-corrected chi connectivity index (χ1v) is 5.48. The van der Waals surface area contributed by atoms with Gasteiger partial charge in [-0.1, -0.05) is 0 Å². The highest BCUT2D eigenvalue weighted by atomic mass is 19.4. The van der Waals surface area contributed by atoms with Crippen LogP contribution < -0.4 is 5.73 Å². The summed E-state index contributed by atoms with van der Waals surface area (Å²) in [5.74, 6) is -1.80. The Kier molecular flexibility index (Phi) is 3.59. The third-order valence-electron chi connectivity index (χ3n) is 2.55. The predicted octanol–water partition coefficient (Wildman–Crippen LogP) is 2.86. The Balaban J connectivity index is 2.63. The van der Waals surface area contributed by atoms with E-state index in [-0.39, 0.29) is 6.07 Å². The number of anilines is 1. The molecule has 11 heteroatoms. The highest BCUT2D eigenvalue weighted by Crippen LogP contribution is 2.40. The zero-order chi connectivity index (χ0) is 16.7. The molecule has 2 aromatic rings. The molecule has 118 valence electrons. The van der Waals surface area contributed by atoms with Gasteiger partial charge in [-0.25, -0.2) is 4.98 Å². The van der Waals surface area contributed by atoms with Crippen LogP contribution in [0.15, 0.2) is 18.2 Å². The number of hydrogen-bond acceptors (Lipinski definition) is 5. The van der Waals surface area contributed by atoms with E-state index >= 15 is 0 Å². The number of rotatable bonds is 1. The van der Waals surface area contributed by atoms with Crippen LogP contribution in [0.1, 0.15) is 11.3 Å². The topological polar surface area (TPSA) is 84.9 Å². The number of hydrogen-bond donors (Lipinski definition) is 2. The van der Waals surface area contributed by atoms with Crippen molar-refractivity contribution in [2.24, 2.45) is 0 Å². The lowest BCUT2D eigenvalue weighted by Crippen LogP contribution is -2.14. The molecule has 0 radical (unpaired) electrons. The number of phenols is 1. The van der Waals surface area contributed by atoms with Crippen molar-refractivity contribution in [2.75, 3.05) is 5.73 Å². The van der Waals surface area contributed by atoms with Gasteiger partial charge < -0.3 is 10.8 Å². The summed E-state index contributed by atoms with van der Waals surface area (Å²) in [6.45, 7) is 0. The fraction of sp³-hybridized carbons (Fsp3) is 0.182. The molecule has 0 saturated carbocycles. The molecule has 0 aliphatic heterocycles. The number of aromatic nitrogens is 3. The van der Waals surface area contributed by atoms with E-state index < -0.39 is 46.6 Å². The lowest BCUT2D eigenvalue weighted by molar-refractivity contribution is -0.141. The van der Waals surface area contributed by atoms with E-state index in [4.69, 9.17) is 5.73 Å². The van der Waals surface area contributed by atoms with Crippen LogP contribution in [0.3, 0.4) is 0 Å². The summed E-state index contributed by atoms with van der Waals surface area (Å²) in [5, 5.41) is 15.9. The Morgan fingerprint density at radius 1 is 0.955 bits per heavy atom. The maximum absolute atomic E-state index is 12.9. The average Bonchev–Trinajstić information content (AvgIpc) is 2.37. The molecule has 0 spiro atoms. The second kappa shape index (κ2) is 5.00. The normalized spacial score (nSPS) is 12.5. The molecule has 0 bridgehead atoms. The molecule has 0 unspecified atom stereocenters. The fourth-order valence-corrected chi connectivity index (χ4v) is 1.63. The average molecular weight is 324 g/mol. The molecule has 1 heterocycles. The van der Waals surface area contributed by atoms with Gasteiger partial charge in [-0.3, -0.25) is 0 Å². The van der Waals surface area contributed by atoms with Crippen molar-refractivity contribution in [1.29, 1.82) is 0 Å². The van der Waals surface area contributed by atoms with Crippen LogP contribution >= 0.6 is 0 Å². The van der Waals surface area contributed by atoms with Gasteiger partial charge in [0.1, 0.15) is 11.4 Å². The minimum atomic E-state index is -4.98. The monoisotopic (exact) mass is 324 g/mol. The van der Waals surface area contributed by atoms with Crippen molar-refractivity contribution in [3.63, 3.8) is 0 Å². The quantitative estimate of drug-likeness (QED) is 0.788. The molecular weight excluding hydrogens is 318 g/mol. The van der Waals surface area contributed by atoms with Gasteiger partial charge in [0.05, 0.1) is 5.56 Å². The number of aromatic hydroxyl groups is 1. The van der Waals surface area contributed by atoms with Gasteiger partial charge in [-0.2, -0.15) is 26.3 Å². The molecule has 0 aliphatic rings. The summed E-state index contributed by atoms with van der Waals surface area (Å²) in [6, 6.07) is 1.44. The summed E-state index contributed by atoms with van der Waals surface area (Å²) >= 11 is 0. The van der Waals surface area contributed by atoms with Crippen LogP contribution in [-0.2, 0) is 12.4 Å². The first-order valence-electron chi connectivity index (χ1n) is 5.48. The van der Waals surface area contributed by atoms with Crippen LogP contribution in [0.4, 0.5) is 32.3 Å². The van der Waals surface area contributed by atoms with Gasteiger partial charge in [-0.15, -0.1) is 10.2 Å². The molecule has 2 rings (SSSR count). The molecule has 1 aromatic heterocycles. The van der Waals surface area contributed by atoms with E-state index in [1.165, 1.54) is 0 Å².